The van der Waals surface area contributed by atoms with Crippen molar-refractivity contribution in [2.75, 3.05) is 26.2 Å². The maximum Gasteiger partial charge on any atom is 0.267 e. The van der Waals surface area contributed by atoms with Crippen LogP contribution in [0.1, 0.15) is 15.2 Å². The van der Waals surface area contributed by atoms with Crippen molar-refractivity contribution in [3.8, 4) is 0 Å². The summed E-state index contributed by atoms with van der Waals surface area (Å²) in [6.07, 6.45) is 3.61. The number of rotatable bonds is 3. The number of amides is 1. The fourth-order valence-corrected chi connectivity index (χ4v) is 4.17. The molecule has 4 heterocycles. The molecule has 7 heteroatoms. The molecule has 2 aromatic rings. The number of halogens is 1. The van der Waals surface area contributed by atoms with E-state index in [9.17, 15) is 9.18 Å². The Morgan fingerprint density at radius 2 is 2.33 bits per heavy atom. The molecule has 2 aliphatic heterocycles. The number of carbonyl (C=O) groups is 1. The van der Waals surface area contributed by atoms with Gasteiger partial charge in [-0.2, -0.15) is 0 Å². The highest BCUT2D eigenvalue weighted by Crippen LogP contribution is 2.27. The van der Waals surface area contributed by atoms with Gasteiger partial charge in [-0.05, 0) is 23.1 Å². The van der Waals surface area contributed by atoms with Crippen LogP contribution in [0.15, 0.2) is 36.0 Å². The Morgan fingerprint density at radius 3 is 3.08 bits per heavy atom. The van der Waals surface area contributed by atoms with E-state index in [2.05, 4.69) is 16.0 Å². The van der Waals surface area contributed by atoms with Gasteiger partial charge in [0.1, 0.15) is 10.7 Å². The van der Waals surface area contributed by atoms with Gasteiger partial charge in [0.2, 0.25) is 0 Å². The minimum absolute atomic E-state index is 0.0117. The largest absolute Gasteiger partial charge is 0.373 e. The third kappa shape index (κ3) is 2.94. The average molecular weight is 347 g/mol. The molecule has 0 bridgehead atoms. The second-order valence-corrected chi connectivity index (χ2v) is 7.03. The average Bonchev–Trinajstić information content (AvgIpc) is 3.22. The fraction of sp³-hybridized carbons (Fsp3) is 0.412. The summed E-state index contributed by atoms with van der Waals surface area (Å²) in [6.45, 7) is 3.35. The number of ether oxygens (including phenoxy) is 1. The van der Waals surface area contributed by atoms with Crippen molar-refractivity contribution in [2.45, 2.75) is 18.7 Å². The Morgan fingerprint density at radius 1 is 1.42 bits per heavy atom. The maximum absolute atomic E-state index is 13.7. The van der Waals surface area contributed by atoms with Crippen LogP contribution in [0.2, 0.25) is 0 Å². The van der Waals surface area contributed by atoms with Crippen LogP contribution in [0, 0.1) is 5.82 Å². The van der Waals surface area contributed by atoms with E-state index in [-0.39, 0.29) is 22.9 Å². The molecule has 1 amide bonds. The molecule has 2 fully saturated rings. The summed E-state index contributed by atoms with van der Waals surface area (Å²) in [5.41, 5.74) is 1.15. The number of likely N-dealkylation sites (tertiary alicyclic amines) is 1. The quantitative estimate of drug-likeness (QED) is 0.852. The molecule has 0 aliphatic carbocycles. The molecule has 4 rings (SSSR count). The van der Waals surface area contributed by atoms with Gasteiger partial charge >= 0.3 is 0 Å². The zero-order valence-electron chi connectivity index (χ0n) is 13.1. The zero-order chi connectivity index (χ0) is 16.5. The number of hydrogen-bond donors (Lipinski definition) is 0. The lowest BCUT2D eigenvalue weighted by molar-refractivity contribution is -0.0503. The van der Waals surface area contributed by atoms with Crippen molar-refractivity contribution in [2.24, 2.45) is 0 Å². The Labute approximate surface area is 143 Å². The molecular formula is C17H18FN3O2S. The first-order chi connectivity index (χ1) is 11.7. The molecule has 2 aliphatic rings. The van der Waals surface area contributed by atoms with Crippen LogP contribution in [0.4, 0.5) is 4.39 Å². The summed E-state index contributed by atoms with van der Waals surface area (Å²) in [6, 6.07) is 5.46. The van der Waals surface area contributed by atoms with E-state index in [0.717, 1.165) is 30.0 Å². The van der Waals surface area contributed by atoms with Gasteiger partial charge < -0.3 is 9.64 Å². The van der Waals surface area contributed by atoms with Crippen molar-refractivity contribution in [3.05, 3.63) is 52.2 Å². The Hall–Kier alpha value is -1.83. The number of carbonyl (C=O) groups excluding carboxylic acids is 1. The number of thiophene rings is 1. The SMILES string of the molecule is O=C(c1sccc1F)N1C[C@@H]2OCCN(Cc3cccnc3)[C@H]2C1. The summed E-state index contributed by atoms with van der Waals surface area (Å²) in [5, 5.41) is 1.61. The summed E-state index contributed by atoms with van der Waals surface area (Å²) in [5.74, 6) is -0.671. The minimum atomic E-state index is -0.437. The van der Waals surface area contributed by atoms with Gasteiger partial charge in [-0.15, -0.1) is 11.3 Å². The van der Waals surface area contributed by atoms with Crippen LogP contribution in [-0.2, 0) is 11.3 Å². The van der Waals surface area contributed by atoms with E-state index in [4.69, 9.17) is 4.74 Å². The summed E-state index contributed by atoms with van der Waals surface area (Å²) >= 11 is 1.15. The molecule has 0 N–H and O–H groups in total. The van der Waals surface area contributed by atoms with Gasteiger partial charge in [0.25, 0.3) is 5.91 Å². The minimum Gasteiger partial charge on any atom is -0.373 e. The highest BCUT2D eigenvalue weighted by atomic mass is 32.1. The highest BCUT2D eigenvalue weighted by molar-refractivity contribution is 7.12. The van der Waals surface area contributed by atoms with E-state index in [1.807, 2.05) is 12.3 Å². The molecule has 0 aromatic carbocycles. The van der Waals surface area contributed by atoms with Crippen molar-refractivity contribution in [1.82, 2.24) is 14.8 Å². The van der Waals surface area contributed by atoms with E-state index in [0.29, 0.717) is 19.7 Å². The molecule has 0 unspecified atom stereocenters. The third-order valence-corrected chi connectivity index (χ3v) is 5.50. The van der Waals surface area contributed by atoms with Crippen molar-refractivity contribution < 1.29 is 13.9 Å². The predicted molar refractivity (Wildman–Crippen MR) is 88.4 cm³/mol. The molecule has 0 spiro atoms. The van der Waals surface area contributed by atoms with Gasteiger partial charge in [-0.25, -0.2) is 4.39 Å². The van der Waals surface area contributed by atoms with Gasteiger partial charge in [0, 0.05) is 38.6 Å². The van der Waals surface area contributed by atoms with Crippen LogP contribution in [0.25, 0.3) is 0 Å². The molecular weight excluding hydrogens is 329 g/mol. The van der Waals surface area contributed by atoms with Crippen molar-refractivity contribution >= 4 is 17.2 Å². The second kappa shape index (κ2) is 6.58. The van der Waals surface area contributed by atoms with Gasteiger partial charge in [-0.3, -0.25) is 14.7 Å². The van der Waals surface area contributed by atoms with Gasteiger partial charge in [0.05, 0.1) is 18.8 Å². The Kier molecular flexibility index (Phi) is 4.30. The molecule has 2 atom stereocenters. The van der Waals surface area contributed by atoms with Crippen LogP contribution in [-0.4, -0.2) is 59.1 Å². The first kappa shape index (κ1) is 15.7. The monoisotopic (exact) mass is 347 g/mol. The first-order valence-electron chi connectivity index (χ1n) is 7.99. The molecule has 2 saturated heterocycles. The lowest BCUT2D eigenvalue weighted by atomic mass is 10.1. The number of pyridine rings is 1. The number of nitrogens with zero attached hydrogens (tertiary/aromatic N) is 3. The summed E-state index contributed by atoms with van der Waals surface area (Å²) < 4.78 is 19.6. The van der Waals surface area contributed by atoms with Gasteiger partial charge in [0.15, 0.2) is 0 Å². The normalized spacial score (nSPS) is 24.1. The summed E-state index contributed by atoms with van der Waals surface area (Å²) in [4.78, 5) is 20.9. The van der Waals surface area contributed by atoms with E-state index < -0.39 is 5.82 Å². The van der Waals surface area contributed by atoms with E-state index in [1.165, 1.54) is 6.07 Å². The standard InChI is InChI=1S/C17H18FN3O2S/c18-13-3-7-24-16(13)17(22)21-10-14-15(11-21)23-6-5-20(14)9-12-2-1-4-19-8-12/h1-4,7-8,14-15H,5-6,9-11H2/t14-,15-/m0/s1. The smallest absolute Gasteiger partial charge is 0.267 e. The molecule has 0 saturated carbocycles. The Balaban J connectivity index is 1.48. The summed E-state index contributed by atoms with van der Waals surface area (Å²) in [7, 11) is 0. The number of morpholine rings is 1. The number of hydrogen-bond acceptors (Lipinski definition) is 5. The number of aromatic nitrogens is 1. The molecule has 126 valence electrons. The predicted octanol–water partition coefficient (Wildman–Crippen LogP) is 2.01. The van der Waals surface area contributed by atoms with Crippen LogP contribution < -0.4 is 0 Å². The molecule has 0 radical (unpaired) electrons. The molecule has 2 aromatic heterocycles. The molecule has 5 nitrogen and oxygen atoms in total. The van der Waals surface area contributed by atoms with Gasteiger partial charge in [-0.1, -0.05) is 6.07 Å². The fourth-order valence-electron chi connectivity index (χ4n) is 3.44. The number of fused-ring (bicyclic) bond motifs is 1. The zero-order valence-corrected chi connectivity index (χ0v) is 13.9. The molecule has 24 heavy (non-hydrogen) atoms. The maximum atomic E-state index is 13.7. The lowest BCUT2D eigenvalue weighted by Crippen LogP contribution is -2.50. The lowest BCUT2D eigenvalue weighted by Gasteiger charge is -2.36. The Bertz CT molecular complexity index is 724. The first-order valence-corrected chi connectivity index (χ1v) is 8.87. The van der Waals surface area contributed by atoms with Crippen molar-refractivity contribution in [3.63, 3.8) is 0 Å². The topological polar surface area (TPSA) is 45.7 Å². The van der Waals surface area contributed by atoms with E-state index >= 15 is 0 Å². The van der Waals surface area contributed by atoms with E-state index in [1.54, 1.807) is 16.5 Å². The van der Waals surface area contributed by atoms with Crippen molar-refractivity contribution in [1.29, 1.82) is 0 Å². The second-order valence-electron chi connectivity index (χ2n) is 6.12. The van der Waals surface area contributed by atoms with Crippen LogP contribution in [0.5, 0.6) is 0 Å². The third-order valence-electron chi connectivity index (χ3n) is 4.62. The van der Waals surface area contributed by atoms with Crippen LogP contribution in [0.3, 0.4) is 0 Å². The highest BCUT2D eigenvalue weighted by Gasteiger charge is 2.42. The van der Waals surface area contributed by atoms with Crippen LogP contribution >= 0.6 is 11.3 Å².